The largest absolute Gasteiger partial charge is 0.347 e. The molecule has 0 unspecified atom stereocenters. The second kappa shape index (κ2) is 9.46. The van der Waals surface area contributed by atoms with Crippen LogP contribution >= 0.6 is 0 Å². The van der Waals surface area contributed by atoms with Gasteiger partial charge in [0.05, 0.1) is 28.6 Å². The van der Waals surface area contributed by atoms with E-state index in [0.717, 1.165) is 10.9 Å². The molecule has 8 nitrogen and oxygen atoms in total. The van der Waals surface area contributed by atoms with E-state index in [-0.39, 0.29) is 29.8 Å². The number of rotatable bonds is 6. The third kappa shape index (κ3) is 4.79. The minimum Gasteiger partial charge on any atom is -0.347 e. The van der Waals surface area contributed by atoms with E-state index in [1.807, 2.05) is 12.1 Å². The normalized spacial score (nSPS) is 17.1. The van der Waals surface area contributed by atoms with Crippen molar-refractivity contribution in [2.24, 2.45) is 5.92 Å². The zero-order chi connectivity index (χ0) is 22.6. The molecule has 2 aromatic carbocycles. The van der Waals surface area contributed by atoms with Gasteiger partial charge in [0, 0.05) is 24.7 Å². The second-order valence-corrected chi connectivity index (χ2v) is 9.59. The Balaban J connectivity index is 1.35. The molecule has 1 atom stereocenters. The lowest BCUT2D eigenvalue weighted by atomic mass is 9.99. The van der Waals surface area contributed by atoms with Crippen LogP contribution in [0.25, 0.3) is 10.9 Å². The number of benzene rings is 2. The van der Waals surface area contributed by atoms with Gasteiger partial charge in [-0.1, -0.05) is 24.3 Å². The molecule has 2 N–H and O–H groups in total. The van der Waals surface area contributed by atoms with Crippen LogP contribution in [0, 0.1) is 5.92 Å². The van der Waals surface area contributed by atoms with E-state index in [0.29, 0.717) is 25.1 Å². The maximum atomic E-state index is 12.9. The van der Waals surface area contributed by atoms with E-state index in [2.05, 4.69) is 15.6 Å². The van der Waals surface area contributed by atoms with Gasteiger partial charge in [-0.3, -0.25) is 14.6 Å². The minimum atomic E-state index is -3.65. The van der Waals surface area contributed by atoms with E-state index in [9.17, 15) is 18.0 Å². The molecule has 2 heterocycles. The molecule has 2 amide bonds. The third-order valence-electron chi connectivity index (χ3n) is 5.48. The molecule has 1 aliphatic rings. The molecule has 32 heavy (non-hydrogen) atoms. The Morgan fingerprint density at radius 2 is 1.84 bits per heavy atom. The number of fused-ring (bicyclic) bond motifs is 1. The van der Waals surface area contributed by atoms with E-state index in [1.54, 1.807) is 54.7 Å². The van der Waals surface area contributed by atoms with Crippen molar-refractivity contribution in [3.63, 3.8) is 0 Å². The Bertz CT molecular complexity index is 1230. The van der Waals surface area contributed by atoms with Gasteiger partial charge in [-0.05, 0) is 49.2 Å². The minimum absolute atomic E-state index is 0.0969. The molecule has 4 rings (SSSR count). The van der Waals surface area contributed by atoms with Crippen molar-refractivity contribution in [2.45, 2.75) is 17.7 Å². The third-order valence-corrected chi connectivity index (χ3v) is 7.36. The molecule has 0 radical (unpaired) electrons. The maximum Gasteiger partial charge on any atom is 0.243 e. The second-order valence-electron chi connectivity index (χ2n) is 7.66. The number of nitrogens with one attached hydrogen (secondary N) is 2. The van der Waals surface area contributed by atoms with Gasteiger partial charge in [0.2, 0.25) is 21.8 Å². The summed E-state index contributed by atoms with van der Waals surface area (Å²) in [5, 5.41) is 6.25. The number of hydrogen-bond donors (Lipinski definition) is 2. The Hall–Kier alpha value is -3.30. The first kappa shape index (κ1) is 21.9. The summed E-state index contributed by atoms with van der Waals surface area (Å²) in [6, 6.07) is 17.3. The van der Waals surface area contributed by atoms with E-state index in [1.165, 1.54) is 4.31 Å². The predicted molar refractivity (Wildman–Crippen MR) is 121 cm³/mol. The van der Waals surface area contributed by atoms with Crippen molar-refractivity contribution in [1.82, 2.24) is 14.6 Å². The van der Waals surface area contributed by atoms with Crippen LogP contribution in [0.1, 0.15) is 12.8 Å². The fourth-order valence-corrected chi connectivity index (χ4v) is 5.38. The molecule has 9 heteroatoms. The number of anilines is 1. The molecule has 166 valence electrons. The number of hydrogen-bond acceptors (Lipinski definition) is 5. The van der Waals surface area contributed by atoms with Crippen molar-refractivity contribution in [3.8, 4) is 0 Å². The number of piperidine rings is 1. The Morgan fingerprint density at radius 3 is 2.66 bits per heavy atom. The topological polar surface area (TPSA) is 108 Å². The summed E-state index contributed by atoms with van der Waals surface area (Å²) in [6.07, 6.45) is 2.84. The fourth-order valence-electron chi connectivity index (χ4n) is 3.83. The van der Waals surface area contributed by atoms with Crippen molar-refractivity contribution in [3.05, 3.63) is 66.9 Å². The number of aromatic nitrogens is 1. The summed E-state index contributed by atoms with van der Waals surface area (Å²) < 4.78 is 27.1. The predicted octanol–water partition coefficient (Wildman–Crippen LogP) is 2.39. The summed E-state index contributed by atoms with van der Waals surface area (Å²) in [7, 11) is -3.65. The number of pyridine rings is 1. The summed E-state index contributed by atoms with van der Waals surface area (Å²) in [5.41, 5.74) is 1.38. The standard InChI is InChI=1S/C23H24N4O4S/c28-22(26-21-12-4-11-20-19(21)10-5-13-24-20)15-25-23(29)17-7-6-14-27(16-17)32(30,31)18-8-2-1-3-9-18/h1-5,8-13,17H,6-7,14-16H2,(H,25,29)(H,26,28)/t17-/m0/s1. The molecular weight excluding hydrogens is 428 g/mol. The van der Waals surface area contributed by atoms with Crippen LogP contribution in [-0.2, 0) is 19.6 Å². The summed E-state index contributed by atoms with van der Waals surface area (Å²) in [6.45, 7) is 0.272. The van der Waals surface area contributed by atoms with Crippen molar-refractivity contribution in [2.75, 3.05) is 25.0 Å². The number of carbonyl (C=O) groups is 2. The van der Waals surface area contributed by atoms with Gasteiger partial charge in [-0.25, -0.2) is 8.42 Å². The van der Waals surface area contributed by atoms with Crippen LogP contribution in [0.5, 0.6) is 0 Å². The van der Waals surface area contributed by atoms with Crippen molar-refractivity contribution >= 4 is 38.4 Å². The van der Waals surface area contributed by atoms with E-state index >= 15 is 0 Å². The first-order chi connectivity index (χ1) is 15.4. The number of sulfonamides is 1. The number of amides is 2. The highest BCUT2D eigenvalue weighted by molar-refractivity contribution is 7.89. The molecule has 1 aromatic heterocycles. The van der Waals surface area contributed by atoms with Crippen LogP contribution in [-0.4, -0.2) is 49.2 Å². The summed E-state index contributed by atoms with van der Waals surface area (Å²) in [5.74, 6) is -1.19. The monoisotopic (exact) mass is 452 g/mol. The van der Waals surface area contributed by atoms with Crippen LogP contribution in [0.3, 0.4) is 0 Å². The van der Waals surface area contributed by atoms with Crippen molar-refractivity contribution in [1.29, 1.82) is 0 Å². The van der Waals surface area contributed by atoms with Crippen LogP contribution in [0.15, 0.2) is 71.8 Å². The van der Waals surface area contributed by atoms with Crippen LogP contribution < -0.4 is 10.6 Å². The number of carbonyl (C=O) groups excluding carboxylic acids is 2. The molecule has 1 aliphatic heterocycles. The molecule has 1 saturated heterocycles. The van der Waals surface area contributed by atoms with Crippen LogP contribution in [0.4, 0.5) is 5.69 Å². The molecule has 1 fully saturated rings. The quantitative estimate of drug-likeness (QED) is 0.597. The summed E-state index contributed by atoms with van der Waals surface area (Å²) in [4.78, 5) is 29.5. The maximum absolute atomic E-state index is 12.9. The Kier molecular flexibility index (Phi) is 6.48. The Morgan fingerprint density at radius 1 is 1.03 bits per heavy atom. The lowest BCUT2D eigenvalue weighted by Crippen LogP contribution is -2.46. The lowest BCUT2D eigenvalue weighted by molar-refractivity contribution is -0.128. The lowest BCUT2D eigenvalue weighted by Gasteiger charge is -2.31. The molecule has 0 saturated carbocycles. The van der Waals surface area contributed by atoms with Gasteiger partial charge in [0.15, 0.2) is 0 Å². The highest BCUT2D eigenvalue weighted by Crippen LogP contribution is 2.24. The first-order valence-corrected chi connectivity index (χ1v) is 11.9. The van der Waals surface area contributed by atoms with Crippen molar-refractivity contribution < 1.29 is 18.0 Å². The number of nitrogens with zero attached hydrogens (tertiary/aromatic N) is 2. The zero-order valence-corrected chi connectivity index (χ0v) is 18.2. The molecule has 0 spiro atoms. The zero-order valence-electron chi connectivity index (χ0n) is 17.4. The van der Waals surface area contributed by atoms with E-state index < -0.39 is 15.9 Å². The van der Waals surface area contributed by atoms with Gasteiger partial charge in [0.1, 0.15) is 0 Å². The first-order valence-electron chi connectivity index (χ1n) is 10.4. The highest BCUT2D eigenvalue weighted by Gasteiger charge is 2.33. The average Bonchev–Trinajstić information content (AvgIpc) is 2.83. The molecular formula is C23H24N4O4S. The highest BCUT2D eigenvalue weighted by atomic mass is 32.2. The average molecular weight is 453 g/mol. The molecule has 0 bridgehead atoms. The smallest absolute Gasteiger partial charge is 0.243 e. The van der Waals surface area contributed by atoms with Crippen LogP contribution in [0.2, 0.25) is 0 Å². The molecule has 3 aromatic rings. The van der Waals surface area contributed by atoms with Gasteiger partial charge in [0.25, 0.3) is 0 Å². The van der Waals surface area contributed by atoms with Gasteiger partial charge in [-0.2, -0.15) is 4.31 Å². The SMILES string of the molecule is O=C(CNC(=O)[C@H]1CCCN(S(=O)(=O)c2ccccc2)C1)Nc1cccc2ncccc12. The van der Waals surface area contributed by atoms with Gasteiger partial charge < -0.3 is 10.6 Å². The Labute approximate surface area is 186 Å². The summed E-state index contributed by atoms with van der Waals surface area (Å²) >= 11 is 0. The fraction of sp³-hybridized carbons (Fsp3) is 0.261. The van der Waals surface area contributed by atoms with E-state index in [4.69, 9.17) is 0 Å². The molecule has 0 aliphatic carbocycles. The van der Waals surface area contributed by atoms with Gasteiger partial charge >= 0.3 is 0 Å². The van der Waals surface area contributed by atoms with Gasteiger partial charge in [-0.15, -0.1) is 0 Å².